The molecule has 4 rings (SSSR count). The summed E-state index contributed by atoms with van der Waals surface area (Å²) in [7, 11) is 2.00. The molecule has 0 aromatic rings. The maximum atomic E-state index is 12.9. The molecule has 162 valence electrons. The molecule has 0 aromatic heterocycles. The summed E-state index contributed by atoms with van der Waals surface area (Å²) in [6.07, 6.45) is 5.56. The smallest absolute Gasteiger partial charge is 0.406 e. The number of rotatable bonds is 5. The number of halogens is 3. The predicted molar refractivity (Wildman–Crippen MR) is 103 cm³/mol. The van der Waals surface area contributed by atoms with Crippen molar-refractivity contribution in [2.45, 2.75) is 44.5 Å². The van der Waals surface area contributed by atoms with Gasteiger partial charge in [0.15, 0.2) is 0 Å². The van der Waals surface area contributed by atoms with Gasteiger partial charge in [-0.15, -0.1) is 13.2 Å². The second-order valence-electron chi connectivity index (χ2n) is 8.46. The van der Waals surface area contributed by atoms with Crippen LogP contribution in [0, 0.1) is 5.92 Å². The number of hydrazine groups is 1. The van der Waals surface area contributed by atoms with E-state index in [1.165, 1.54) is 18.4 Å². The fourth-order valence-electron chi connectivity index (χ4n) is 4.87. The number of hydrogen-bond donors (Lipinski definition) is 0. The van der Waals surface area contributed by atoms with Crippen molar-refractivity contribution in [2.75, 3.05) is 46.4 Å². The van der Waals surface area contributed by atoms with Crippen LogP contribution in [0.2, 0.25) is 0 Å². The third-order valence-corrected chi connectivity index (χ3v) is 6.21. The van der Waals surface area contributed by atoms with Crippen molar-refractivity contribution in [3.05, 3.63) is 35.3 Å². The minimum atomic E-state index is -4.68. The molecule has 3 aliphatic heterocycles. The molecule has 29 heavy (non-hydrogen) atoms. The van der Waals surface area contributed by atoms with Gasteiger partial charge in [-0.2, -0.15) is 0 Å². The highest BCUT2D eigenvalue weighted by atomic mass is 19.4. The average Bonchev–Trinajstić information content (AvgIpc) is 3.30. The van der Waals surface area contributed by atoms with E-state index < -0.39 is 6.36 Å². The van der Waals surface area contributed by atoms with Gasteiger partial charge in [0.05, 0.1) is 6.04 Å². The zero-order chi connectivity index (χ0) is 20.4. The number of alkyl halides is 3. The van der Waals surface area contributed by atoms with E-state index in [0.29, 0.717) is 19.6 Å². The molecule has 0 saturated carbocycles. The van der Waals surface area contributed by atoms with Crippen LogP contribution in [0.5, 0.6) is 0 Å². The molecule has 0 radical (unpaired) electrons. The van der Waals surface area contributed by atoms with Gasteiger partial charge in [0.2, 0.25) is 0 Å². The molecule has 3 heterocycles. The molecule has 2 fully saturated rings. The van der Waals surface area contributed by atoms with Crippen molar-refractivity contribution >= 4 is 0 Å². The van der Waals surface area contributed by atoms with Crippen molar-refractivity contribution in [1.82, 2.24) is 14.9 Å². The Morgan fingerprint density at radius 2 is 1.90 bits per heavy atom. The van der Waals surface area contributed by atoms with Crippen molar-refractivity contribution < 1.29 is 22.6 Å². The number of likely N-dealkylation sites (N-methyl/N-ethyl adjacent to an activating group) is 1. The van der Waals surface area contributed by atoms with Gasteiger partial charge in [0, 0.05) is 39.6 Å². The van der Waals surface area contributed by atoms with Crippen LogP contribution >= 0.6 is 0 Å². The first-order chi connectivity index (χ1) is 13.9. The number of allylic oxidation sites excluding steroid dienone is 1. The van der Waals surface area contributed by atoms with E-state index in [2.05, 4.69) is 25.9 Å². The summed E-state index contributed by atoms with van der Waals surface area (Å²) in [5, 5.41) is 4.18. The van der Waals surface area contributed by atoms with Crippen LogP contribution in [0.4, 0.5) is 13.2 Å². The van der Waals surface area contributed by atoms with E-state index in [4.69, 9.17) is 4.74 Å². The van der Waals surface area contributed by atoms with Crippen LogP contribution in [0.15, 0.2) is 35.3 Å². The van der Waals surface area contributed by atoms with Gasteiger partial charge >= 0.3 is 6.36 Å². The lowest BCUT2D eigenvalue weighted by molar-refractivity contribution is -0.303. The Kier molecular flexibility index (Phi) is 6.22. The maximum absolute atomic E-state index is 12.9. The molecule has 1 unspecified atom stereocenters. The summed E-state index contributed by atoms with van der Waals surface area (Å²) < 4.78 is 48.5. The molecular weight excluding hydrogens is 383 g/mol. The number of likely N-dealkylation sites (tertiary alicyclic amines) is 1. The second-order valence-corrected chi connectivity index (χ2v) is 8.46. The predicted octanol–water partition coefficient (Wildman–Crippen LogP) is 3.67. The quantitative estimate of drug-likeness (QED) is 0.686. The van der Waals surface area contributed by atoms with Crippen LogP contribution < -0.4 is 0 Å². The first-order valence-electron chi connectivity index (χ1n) is 10.5. The van der Waals surface area contributed by atoms with Gasteiger partial charge in [-0.25, -0.2) is 5.01 Å². The standard InChI is InChI=1S/C21H30F3N3O2/c1-25-13-16(14-26-6-2-3-7-26)15-27(25)19-10-18(17-4-8-28-9-5-17)11-20(12-19)29-21(22,23)24/h11-12,15,17,19H,2-10,13-14H2,1H3. The molecule has 8 heteroatoms. The summed E-state index contributed by atoms with van der Waals surface area (Å²) in [4.78, 5) is 2.45. The zero-order valence-electron chi connectivity index (χ0n) is 17.0. The van der Waals surface area contributed by atoms with Crippen molar-refractivity contribution in [1.29, 1.82) is 0 Å². The van der Waals surface area contributed by atoms with Crippen LogP contribution in [-0.4, -0.2) is 73.8 Å². The molecule has 2 saturated heterocycles. The fraction of sp³-hybridized carbons (Fsp3) is 0.714. The summed E-state index contributed by atoms with van der Waals surface area (Å²) in [5.41, 5.74) is 2.35. The van der Waals surface area contributed by atoms with E-state index in [0.717, 1.165) is 44.6 Å². The SMILES string of the molecule is CN1CC(CN2CCCC2)=CN1C1C=C(OC(F)(F)F)C=C(C2CCOCC2)C1. The van der Waals surface area contributed by atoms with E-state index in [9.17, 15) is 13.2 Å². The summed E-state index contributed by atoms with van der Waals surface area (Å²) in [6.45, 7) is 5.33. The molecule has 0 amide bonds. The first-order valence-corrected chi connectivity index (χ1v) is 10.5. The Bertz CT molecular complexity index is 677. The minimum absolute atomic E-state index is 0.0926. The van der Waals surface area contributed by atoms with E-state index >= 15 is 0 Å². The van der Waals surface area contributed by atoms with Gasteiger partial charge in [0.1, 0.15) is 5.76 Å². The van der Waals surface area contributed by atoms with Crippen molar-refractivity contribution in [2.24, 2.45) is 5.92 Å². The Morgan fingerprint density at radius 1 is 1.17 bits per heavy atom. The van der Waals surface area contributed by atoms with Crippen molar-refractivity contribution in [3.63, 3.8) is 0 Å². The molecule has 0 bridgehead atoms. The molecular formula is C21H30F3N3O2. The molecule has 1 aliphatic carbocycles. The number of nitrogens with zero attached hydrogens (tertiary/aromatic N) is 3. The molecule has 1 atom stereocenters. The highest BCUT2D eigenvalue weighted by Crippen LogP contribution is 2.36. The summed E-state index contributed by atoms with van der Waals surface area (Å²) in [5.74, 6) is 0.165. The van der Waals surface area contributed by atoms with Crippen LogP contribution in [-0.2, 0) is 9.47 Å². The fourth-order valence-corrected chi connectivity index (χ4v) is 4.87. The van der Waals surface area contributed by atoms with E-state index in [1.807, 2.05) is 7.05 Å². The maximum Gasteiger partial charge on any atom is 0.573 e. The average molecular weight is 413 g/mol. The van der Waals surface area contributed by atoms with Gasteiger partial charge in [-0.3, -0.25) is 4.90 Å². The lowest BCUT2D eigenvalue weighted by Crippen LogP contribution is -2.41. The summed E-state index contributed by atoms with van der Waals surface area (Å²) in [6, 6.07) is -0.170. The van der Waals surface area contributed by atoms with Crippen LogP contribution in [0.1, 0.15) is 32.1 Å². The van der Waals surface area contributed by atoms with Gasteiger partial charge in [-0.05, 0) is 68.8 Å². The molecule has 0 spiro atoms. The Morgan fingerprint density at radius 3 is 2.59 bits per heavy atom. The molecule has 4 aliphatic rings. The Hall–Kier alpha value is -1.51. The first kappa shape index (κ1) is 20.8. The van der Waals surface area contributed by atoms with E-state index in [1.54, 1.807) is 12.2 Å². The monoisotopic (exact) mass is 413 g/mol. The lowest BCUT2D eigenvalue weighted by atomic mass is 9.84. The largest absolute Gasteiger partial charge is 0.573 e. The van der Waals surface area contributed by atoms with Gasteiger partial charge < -0.3 is 14.5 Å². The van der Waals surface area contributed by atoms with Gasteiger partial charge in [-0.1, -0.05) is 5.57 Å². The number of hydrogen-bond acceptors (Lipinski definition) is 5. The van der Waals surface area contributed by atoms with Crippen LogP contribution in [0.25, 0.3) is 0 Å². The Labute approximate surface area is 170 Å². The zero-order valence-corrected chi connectivity index (χ0v) is 17.0. The highest BCUT2D eigenvalue weighted by molar-refractivity contribution is 5.30. The third kappa shape index (κ3) is 5.35. The van der Waals surface area contributed by atoms with E-state index in [-0.39, 0.29) is 17.7 Å². The Balaban J connectivity index is 1.51. The molecule has 0 aromatic carbocycles. The highest BCUT2D eigenvalue weighted by Gasteiger charge is 2.36. The second kappa shape index (κ2) is 8.70. The molecule has 5 nitrogen and oxygen atoms in total. The van der Waals surface area contributed by atoms with Crippen molar-refractivity contribution in [3.8, 4) is 0 Å². The molecule has 0 N–H and O–H groups in total. The van der Waals surface area contributed by atoms with Crippen LogP contribution in [0.3, 0.4) is 0 Å². The summed E-state index contributed by atoms with van der Waals surface area (Å²) >= 11 is 0. The third-order valence-electron chi connectivity index (χ3n) is 6.21. The topological polar surface area (TPSA) is 28.2 Å². The lowest BCUT2D eigenvalue weighted by Gasteiger charge is -2.37. The minimum Gasteiger partial charge on any atom is -0.406 e. The van der Waals surface area contributed by atoms with Gasteiger partial charge in [0.25, 0.3) is 0 Å². The normalized spacial score (nSPS) is 27.8. The number of ether oxygens (including phenoxy) is 2.